The van der Waals surface area contributed by atoms with E-state index in [0.717, 1.165) is 19.3 Å². The summed E-state index contributed by atoms with van der Waals surface area (Å²) in [5.41, 5.74) is 0.430. The third kappa shape index (κ3) is 5.79. The van der Waals surface area contributed by atoms with Gasteiger partial charge in [-0.15, -0.1) is 10.2 Å². The minimum Gasteiger partial charge on any atom is -0.494 e. The third-order valence-electron chi connectivity index (χ3n) is 6.15. The van der Waals surface area contributed by atoms with Crippen LogP contribution in [0.4, 0.5) is 5.95 Å². The van der Waals surface area contributed by atoms with Crippen molar-refractivity contribution in [1.82, 2.24) is 24.7 Å². The molecule has 2 heterocycles. The fourth-order valence-electron chi connectivity index (χ4n) is 3.85. The van der Waals surface area contributed by atoms with Gasteiger partial charge in [0.05, 0.1) is 25.3 Å². The van der Waals surface area contributed by atoms with Crippen molar-refractivity contribution in [3.8, 4) is 17.2 Å². The standard InChI is InChI=1S/C23H29ClN6O6S/c1-14(21(35-4)22-25-11-15(24)12-26-22)37(31,32)29-23-28-27-19(13-36-16-7-5-8-16)30(23)20-17(33-2)9-6-10-18(20)34-3/h6,9-12,14,16,21H,5,7-8,13H2,1-4H3,(H,28,29). The number of anilines is 1. The molecule has 0 aliphatic heterocycles. The molecule has 2 unspecified atom stereocenters. The number of nitrogens with zero attached hydrogens (tertiary/aromatic N) is 5. The second-order valence-corrected chi connectivity index (χ2v) is 10.9. The molecule has 1 aliphatic carbocycles. The molecule has 0 saturated heterocycles. The van der Waals surface area contributed by atoms with E-state index >= 15 is 0 Å². The summed E-state index contributed by atoms with van der Waals surface area (Å²) < 4.78 is 53.6. The lowest BCUT2D eigenvalue weighted by Crippen LogP contribution is -2.33. The lowest BCUT2D eigenvalue weighted by atomic mass is 9.96. The summed E-state index contributed by atoms with van der Waals surface area (Å²) in [5.74, 6) is 1.36. The number of ether oxygens (including phenoxy) is 4. The molecule has 12 nitrogen and oxygen atoms in total. The lowest BCUT2D eigenvalue weighted by Gasteiger charge is -2.25. The van der Waals surface area contributed by atoms with E-state index in [2.05, 4.69) is 24.9 Å². The number of para-hydroxylation sites is 1. The number of methoxy groups -OCH3 is 3. The van der Waals surface area contributed by atoms with Gasteiger partial charge in [-0.05, 0) is 38.3 Å². The molecule has 4 rings (SSSR count). The largest absolute Gasteiger partial charge is 0.494 e. The van der Waals surface area contributed by atoms with Gasteiger partial charge >= 0.3 is 0 Å². The van der Waals surface area contributed by atoms with E-state index in [1.165, 1.54) is 45.2 Å². The van der Waals surface area contributed by atoms with E-state index in [9.17, 15) is 8.42 Å². The summed E-state index contributed by atoms with van der Waals surface area (Å²) in [6.07, 6.45) is 4.95. The highest BCUT2D eigenvalue weighted by molar-refractivity contribution is 7.93. The summed E-state index contributed by atoms with van der Waals surface area (Å²) in [6.45, 7) is 1.61. The predicted molar refractivity (Wildman–Crippen MR) is 136 cm³/mol. The Morgan fingerprint density at radius 2 is 1.76 bits per heavy atom. The summed E-state index contributed by atoms with van der Waals surface area (Å²) in [6, 6.07) is 5.22. The van der Waals surface area contributed by atoms with Crippen LogP contribution >= 0.6 is 11.6 Å². The quantitative estimate of drug-likeness (QED) is 0.356. The highest BCUT2D eigenvalue weighted by Crippen LogP contribution is 2.36. The van der Waals surface area contributed by atoms with Crippen LogP contribution in [-0.2, 0) is 26.1 Å². The van der Waals surface area contributed by atoms with Gasteiger partial charge in [-0.3, -0.25) is 9.29 Å². The van der Waals surface area contributed by atoms with Gasteiger partial charge < -0.3 is 18.9 Å². The maximum atomic E-state index is 13.5. The van der Waals surface area contributed by atoms with Crippen molar-refractivity contribution in [2.45, 2.75) is 50.3 Å². The Bertz CT molecular complexity index is 1290. The molecule has 1 aromatic carbocycles. The molecule has 200 valence electrons. The Kier molecular flexibility index (Phi) is 8.47. The highest BCUT2D eigenvalue weighted by Gasteiger charge is 2.35. The van der Waals surface area contributed by atoms with Gasteiger partial charge in [0.15, 0.2) is 11.6 Å². The van der Waals surface area contributed by atoms with E-state index in [1.54, 1.807) is 18.2 Å². The van der Waals surface area contributed by atoms with Crippen molar-refractivity contribution in [2.24, 2.45) is 0 Å². The van der Waals surface area contributed by atoms with Crippen LogP contribution in [0.3, 0.4) is 0 Å². The maximum Gasteiger partial charge on any atom is 0.243 e. The molecule has 2 atom stereocenters. The Balaban J connectivity index is 1.72. The molecule has 14 heteroatoms. The zero-order valence-corrected chi connectivity index (χ0v) is 22.5. The van der Waals surface area contributed by atoms with E-state index in [1.807, 2.05) is 0 Å². The number of aromatic nitrogens is 5. The minimum absolute atomic E-state index is 0.0614. The van der Waals surface area contributed by atoms with Crippen LogP contribution in [0, 0.1) is 0 Å². The molecular weight excluding hydrogens is 524 g/mol. The van der Waals surface area contributed by atoms with Crippen molar-refractivity contribution >= 4 is 27.6 Å². The van der Waals surface area contributed by atoms with Crippen LogP contribution in [0.5, 0.6) is 11.5 Å². The number of hydrogen-bond acceptors (Lipinski definition) is 10. The van der Waals surface area contributed by atoms with Crippen LogP contribution in [0.1, 0.15) is 43.9 Å². The number of benzene rings is 1. The van der Waals surface area contributed by atoms with Gasteiger partial charge in [-0.1, -0.05) is 17.7 Å². The van der Waals surface area contributed by atoms with Gasteiger partial charge in [-0.25, -0.2) is 18.4 Å². The van der Waals surface area contributed by atoms with Crippen LogP contribution in [0.2, 0.25) is 5.02 Å². The highest BCUT2D eigenvalue weighted by atomic mass is 35.5. The number of hydrogen-bond donors (Lipinski definition) is 1. The van der Waals surface area contributed by atoms with Crippen molar-refractivity contribution in [1.29, 1.82) is 0 Å². The molecule has 1 saturated carbocycles. The third-order valence-corrected chi connectivity index (χ3v) is 8.04. The molecule has 37 heavy (non-hydrogen) atoms. The SMILES string of the molecule is COc1cccc(OC)c1-n1c(COC2CCC2)nnc1NS(=O)(=O)C(C)C(OC)c1ncc(Cl)cn1. The molecule has 1 fully saturated rings. The fourth-order valence-corrected chi connectivity index (χ4v) is 5.08. The first-order chi connectivity index (χ1) is 17.8. The van der Waals surface area contributed by atoms with Crippen LogP contribution in [0.25, 0.3) is 5.69 Å². The lowest BCUT2D eigenvalue weighted by molar-refractivity contribution is -0.0122. The smallest absolute Gasteiger partial charge is 0.243 e. The number of nitrogens with one attached hydrogen (secondary N) is 1. The number of halogens is 1. The second kappa shape index (κ2) is 11.6. The average Bonchev–Trinajstić information content (AvgIpc) is 3.24. The Morgan fingerprint density at radius 1 is 1.11 bits per heavy atom. The van der Waals surface area contributed by atoms with E-state index < -0.39 is 21.4 Å². The van der Waals surface area contributed by atoms with Gasteiger partial charge in [0, 0.05) is 19.5 Å². The van der Waals surface area contributed by atoms with Crippen molar-refractivity contribution < 1.29 is 27.4 Å². The van der Waals surface area contributed by atoms with E-state index in [0.29, 0.717) is 28.0 Å². The number of sulfonamides is 1. The molecule has 1 N–H and O–H groups in total. The van der Waals surface area contributed by atoms with E-state index in [-0.39, 0.29) is 24.5 Å². The van der Waals surface area contributed by atoms with Crippen molar-refractivity contribution in [3.63, 3.8) is 0 Å². The van der Waals surface area contributed by atoms with Crippen molar-refractivity contribution in [2.75, 3.05) is 26.1 Å². The summed E-state index contributed by atoms with van der Waals surface area (Å²) in [5, 5.41) is 7.58. The molecule has 0 bridgehead atoms. The number of rotatable bonds is 12. The summed E-state index contributed by atoms with van der Waals surface area (Å²) in [4.78, 5) is 8.23. The Morgan fingerprint density at radius 3 is 2.30 bits per heavy atom. The van der Waals surface area contributed by atoms with Crippen molar-refractivity contribution in [3.05, 3.63) is 47.3 Å². The molecule has 0 spiro atoms. The normalized spacial score (nSPS) is 15.6. The first-order valence-corrected chi connectivity index (χ1v) is 13.5. The van der Waals surface area contributed by atoms with Gasteiger partial charge in [0.25, 0.3) is 0 Å². The average molecular weight is 553 g/mol. The van der Waals surface area contributed by atoms with Gasteiger partial charge in [-0.2, -0.15) is 0 Å². The second-order valence-electron chi connectivity index (χ2n) is 8.42. The monoisotopic (exact) mass is 552 g/mol. The molecule has 0 radical (unpaired) electrons. The molecule has 2 aromatic heterocycles. The van der Waals surface area contributed by atoms with Gasteiger partial charge in [0.1, 0.15) is 35.1 Å². The molecular formula is C23H29ClN6O6S. The van der Waals surface area contributed by atoms with Crippen LogP contribution in [-0.4, -0.2) is 65.8 Å². The fraction of sp³-hybridized carbons (Fsp3) is 0.478. The molecule has 0 amide bonds. The van der Waals surface area contributed by atoms with E-state index in [4.69, 9.17) is 30.5 Å². The molecule has 1 aliphatic rings. The topological polar surface area (TPSA) is 140 Å². The maximum absolute atomic E-state index is 13.5. The summed E-state index contributed by atoms with van der Waals surface area (Å²) >= 11 is 5.88. The Hall–Kier alpha value is -3.00. The van der Waals surface area contributed by atoms with Crippen LogP contribution < -0.4 is 14.2 Å². The summed E-state index contributed by atoms with van der Waals surface area (Å²) in [7, 11) is 0.301. The zero-order chi connectivity index (χ0) is 26.6. The van der Waals surface area contributed by atoms with Crippen LogP contribution in [0.15, 0.2) is 30.6 Å². The predicted octanol–water partition coefficient (Wildman–Crippen LogP) is 3.31. The van der Waals surface area contributed by atoms with Gasteiger partial charge in [0.2, 0.25) is 16.0 Å². The zero-order valence-electron chi connectivity index (χ0n) is 20.9. The molecule has 3 aromatic rings. The first-order valence-electron chi connectivity index (χ1n) is 11.6. The Labute approximate surface area is 220 Å². The first kappa shape index (κ1) is 27.0. The minimum atomic E-state index is -4.10.